The third kappa shape index (κ3) is 3.58. The molecule has 19 heavy (non-hydrogen) atoms. The topological polar surface area (TPSA) is 37.3 Å². The van der Waals surface area contributed by atoms with Crippen LogP contribution in [-0.4, -0.2) is 11.1 Å². The maximum Gasteiger partial charge on any atom is 0.303 e. The van der Waals surface area contributed by atoms with Crippen molar-refractivity contribution in [2.24, 2.45) is 0 Å². The molecule has 2 aromatic rings. The van der Waals surface area contributed by atoms with E-state index in [1.54, 1.807) is 0 Å². The van der Waals surface area contributed by atoms with Crippen LogP contribution in [0.1, 0.15) is 24.8 Å². The Hall–Kier alpha value is -1.80. The molecule has 1 atom stereocenters. The predicted octanol–water partition coefficient (Wildman–Crippen LogP) is 4.59. The zero-order valence-electron chi connectivity index (χ0n) is 10.6. The van der Waals surface area contributed by atoms with E-state index >= 15 is 0 Å². The number of carboxylic acids is 1. The average molecular weight is 275 g/mol. The summed E-state index contributed by atoms with van der Waals surface area (Å²) in [7, 11) is 0. The number of halogens is 1. The molecule has 0 aliphatic heterocycles. The summed E-state index contributed by atoms with van der Waals surface area (Å²) in [6, 6.07) is 15.6. The van der Waals surface area contributed by atoms with Crippen LogP contribution in [0, 0.1) is 0 Å². The third-order valence-corrected chi connectivity index (χ3v) is 3.39. The summed E-state index contributed by atoms with van der Waals surface area (Å²) in [5.41, 5.74) is 3.24. The second-order valence-corrected chi connectivity index (χ2v) is 5.06. The van der Waals surface area contributed by atoms with Crippen molar-refractivity contribution in [1.82, 2.24) is 0 Å². The van der Waals surface area contributed by atoms with Crippen LogP contribution in [0.3, 0.4) is 0 Å². The summed E-state index contributed by atoms with van der Waals surface area (Å²) in [6.45, 7) is 1.92. The van der Waals surface area contributed by atoms with Crippen molar-refractivity contribution < 1.29 is 9.90 Å². The molecule has 1 unspecified atom stereocenters. The summed E-state index contributed by atoms with van der Waals surface area (Å²) in [6.07, 6.45) is 0.153. The van der Waals surface area contributed by atoms with Crippen LogP contribution in [0.5, 0.6) is 0 Å². The second kappa shape index (κ2) is 5.89. The predicted molar refractivity (Wildman–Crippen MR) is 77.6 cm³/mol. The summed E-state index contributed by atoms with van der Waals surface area (Å²) < 4.78 is 0. The molecule has 0 heterocycles. The molecule has 2 rings (SSSR count). The summed E-state index contributed by atoms with van der Waals surface area (Å²) >= 11 is 5.86. The highest BCUT2D eigenvalue weighted by Gasteiger charge is 2.10. The Labute approximate surface area is 117 Å². The van der Waals surface area contributed by atoms with Crippen molar-refractivity contribution >= 4 is 17.6 Å². The highest BCUT2D eigenvalue weighted by molar-refractivity contribution is 6.30. The van der Waals surface area contributed by atoms with Crippen molar-refractivity contribution in [2.75, 3.05) is 0 Å². The zero-order chi connectivity index (χ0) is 13.8. The summed E-state index contributed by atoms with van der Waals surface area (Å²) in [5.74, 6) is -0.744. The molecule has 0 fully saturated rings. The number of benzene rings is 2. The molecule has 0 saturated heterocycles. The SMILES string of the molecule is CC(CC(=O)O)c1ccc(-c2ccc(Cl)cc2)cc1. The first-order valence-corrected chi connectivity index (χ1v) is 6.52. The number of hydrogen-bond donors (Lipinski definition) is 1. The van der Waals surface area contributed by atoms with E-state index in [0.717, 1.165) is 21.7 Å². The van der Waals surface area contributed by atoms with Gasteiger partial charge in [-0.1, -0.05) is 54.9 Å². The van der Waals surface area contributed by atoms with Gasteiger partial charge in [0.05, 0.1) is 6.42 Å². The highest BCUT2D eigenvalue weighted by Crippen LogP contribution is 2.25. The molecule has 0 saturated carbocycles. The molecule has 0 radical (unpaired) electrons. The van der Waals surface area contributed by atoms with Gasteiger partial charge in [0.1, 0.15) is 0 Å². The second-order valence-electron chi connectivity index (χ2n) is 4.63. The number of carboxylic acid groups (broad SMARTS) is 1. The van der Waals surface area contributed by atoms with Crippen molar-refractivity contribution in [3.05, 3.63) is 59.1 Å². The van der Waals surface area contributed by atoms with E-state index in [1.807, 2.05) is 55.5 Å². The van der Waals surface area contributed by atoms with E-state index in [0.29, 0.717) is 0 Å². The largest absolute Gasteiger partial charge is 0.481 e. The van der Waals surface area contributed by atoms with Gasteiger partial charge in [-0.15, -0.1) is 0 Å². The van der Waals surface area contributed by atoms with Gasteiger partial charge in [0, 0.05) is 5.02 Å². The number of rotatable bonds is 4. The molecule has 2 aromatic carbocycles. The minimum Gasteiger partial charge on any atom is -0.481 e. The maximum absolute atomic E-state index is 10.7. The zero-order valence-corrected chi connectivity index (χ0v) is 11.4. The van der Waals surface area contributed by atoms with E-state index in [4.69, 9.17) is 16.7 Å². The van der Waals surface area contributed by atoms with Crippen LogP contribution in [0.2, 0.25) is 5.02 Å². The van der Waals surface area contributed by atoms with E-state index in [2.05, 4.69) is 0 Å². The van der Waals surface area contributed by atoms with Crippen molar-refractivity contribution in [3.8, 4) is 11.1 Å². The molecular weight excluding hydrogens is 260 g/mol. The molecule has 0 aliphatic rings. The summed E-state index contributed by atoms with van der Waals surface area (Å²) in [5, 5.41) is 9.51. The van der Waals surface area contributed by atoms with Crippen molar-refractivity contribution in [1.29, 1.82) is 0 Å². The molecule has 0 aromatic heterocycles. The lowest BCUT2D eigenvalue weighted by molar-refractivity contribution is -0.137. The molecule has 3 heteroatoms. The fourth-order valence-corrected chi connectivity index (χ4v) is 2.15. The fraction of sp³-hybridized carbons (Fsp3) is 0.188. The fourth-order valence-electron chi connectivity index (χ4n) is 2.03. The molecule has 1 N–H and O–H groups in total. The first-order chi connectivity index (χ1) is 9.06. The Morgan fingerprint density at radius 1 is 1.05 bits per heavy atom. The van der Waals surface area contributed by atoms with E-state index < -0.39 is 5.97 Å². The van der Waals surface area contributed by atoms with Crippen LogP contribution in [0.15, 0.2) is 48.5 Å². The molecule has 0 bridgehead atoms. The molecule has 0 amide bonds. The molecular formula is C16H15ClO2. The van der Waals surface area contributed by atoms with Crippen LogP contribution in [0.25, 0.3) is 11.1 Å². The Balaban J connectivity index is 2.18. The molecule has 2 nitrogen and oxygen atoms in total. The van der Waals surface area contributed by atoms with Crippen LogP contribution in [0.4, 0.5) is 0 Å². The van der Waals surface area contributed by atoms with E-state index in [-0.39, 0.29) is 12.3 Å². The Morgan fingerprint density at radius 2 is 1.53 bits per heavy atom. The minimum atomic E-state index is -0.769. The van der Waals surface area contributed by atoms with Gasteiger partial charge in [-0.25, -0.2) is 0 Å². The van der Waals surface area contributed by atoms with Crippen LogP contribution < -0.4 is 0 Å². The minimum absolute atomic E-state index is 0.0248. The van der Waals surface area contributed by atoms with Gasteiger partial charge in [-0.05, 0) is 34.7 Å². The van der Waals surface area contributed by atoms with Gasteiger partial charge in [-0.2, -0.15) is 0 Å². The lowest BCUT2D eigenvalue weighted by atomic mass is 9.95. The third-order valence-electron chi connectivity index (χ3n) is 3.14. The van der Waals surface area contributed by atoms with E-state index in [1.165, 1.54) is 0 Å². The van der Waals surface area contributed by atoms with Crippen molar-refractivity contribution in [3.63, 3.8) is 0 Å². The van der Waals surface area contributed by atoms with E-state index in [9.17, 15) is 4.79 Å². The van der Waals surface area contributed by atoms with Crippen molar-refractivity contribution in [2.45, 2.75) is 19.3 Å². The standard InChI is InChI=1S/C16H15ClO2/c1-11(10-16(18)19)12-2-4-13(5-3-12)14-6-8-15(17)9-7-14/h2-9,11H,10H2,1H3,(H,18,19). The molecule has 98 valence electrons. The number of hydrogen-bond acceptors (Lipinski definition) is 1. The summed E-state index contributed by atoms with van der Waals surface area (Å²) in [4.78, 5) is 10.7. The van der Waals surface area contributed by atoms with Gasteiger partial charge >= 0.3 is 5.97 Å². The highest BCUT2D eigenvalue weighted by atomic mass is 35.5. The number of carbonyl (C=O) groups is 1. The van der Waals surface area contributed by atoms with Crippen LogP contribution >= 0.6 is 11.6 Å². The van der Waals surface area contributed by atoms with Crippen LogP contribution in [-0.2, 0) is 4.79 Å². The lowest BCUT2D eigenvalue weighted by Gasteiger charge is -2.10. The smallest absolute Gasteiger partial charge is 0.303 e. The average Bonchev–Trinajstić information content (AvgIpc) is 2.39. The van der Waals surface area contributed by atoms with Gasteiger partial charge in [0.25, 0.3) is 0 Å². The monoisotopic (exact) mass is 274 g/mol. The maximum atomic E-state index is 10.7. The Morgan fingerprint density at radius 3 is 2.00 bits per heavy atom. The van der Waals surface area contributed by atoms with Gasteiger partial charge in [0.2, 0.25) is 0 Å². The Kier molecular flexibility index (Phi) is 4.23. The first-order valence-electron chi connectivity index (χ1n) is 6.14. The first kappa shape index (κ1) is 13.6. The van der Waals surface area contributed by atoms with Gasteiger partial charge < -0.3 is 5.11 Å². The molecule has 0 aliphatic carbocycles. The van der Waals surface area contributed by atoms with Gasteiger partial charge in [0.15, 0.2) is 0 Å². The Bertz CT molecular complexity index is 558. The normalized spacial score (nSPS) is 12.1. The number of aliphatic carboxylic acids is 1. The lowest BCUT2D eigenvalue weighted by Crippen LogP contribution is -2.02. The van der Waals surface area contributed by atoms with Gasteiger partial charge in [-0.3, -0.25) is 4.79 Å². The molecule has 0 spiro atoms. The quantitative estimate of drug-likeness (QED) is 0.886.